The first-order valence-electron chi connectivity index (χ1n) is 6.12. The number of benzene rings is 2. The quantitative estimate of drug-likeness (QED) is 0.900. The van der Waals surface area contributed by atoms with Gasteiger partial charge in [-0.3, -0.25) is 4.79 Å². The van der Waals surface area contributed by atoms with Crippen molar-refractivity contribution in [3.05, 3.63) is 53.1 Å². The molecule has 1 amide bonds. The second-order valence-corrected chi connectivity index (χ2v) is 5.82. The fourth-order valence-electron chi connectivity index (χ4n) is 1.74. The Morgan fingerprint density at radius 2 is 1.95 bits per heavy atom. The number of halogens is 1. The molecule has 0 radical (unpaired) electrons. The van der Waals surface area contributed by atoms with Crippen LogP contribution in [-0.2, 0) is 11.3 Å². The molecule has 0 aromatic heterocycles. The van der Waals surface area contributed by atoms with Crippen LogP contribution in [0.4, 0.5) is 5.69 Å². The van der Waals surface area contributed by atoms with E-state index in [1.54, 1.807) is 11.8 Å². The topological polar surface area (TPSA) is 55.1 Å². The molecule has 0 heterocycles. The molecule has 0 aliphatic carbocycles. The van der Waals surface area contributed by atoms with Crippen molar-refractivity contribution < 1.29 is 4.79 Å². The standard InChI is InChI=1S/C15H15ClN2OS/c1-10(19)18-13-3-5-14(6-4-13)20-15-7-2-12(16)8-11(15)9-17/h2-8H,9,17H2,1H3,(H,18,19). The molecular weight excluding hydrogens is 292 g/mol. The Balaban J connectivity index is 2.16. The molecule has 0 aliphatic rings. The lowest BCUT2D eigenvalue weighted by Gasteiger charge is -2.09. The Kier molecular flexibility index (Phi) is 5.06. The summed E-state index contributed by atoms with van der Waals surface area (Å²) in [5.41, 5.74) is 7.54. The zero-order chi connectivity index (χ0) is 14.5. The highest BCUT2D eigenvalue weighted by molar-refractivity contribution is 7.99. The summed E-state index contributed by atoms with van der Waals surface area (Å²) in [7, 11) is 0. The Hall–Kier alpha value is -1.49. The van der Waals surface area contributed by atoms with Crippen molar-refractivity contribution in [2.45, 2.75) is 23.3 Å². The highest BCUT2D eigenvalue weighted by Gasteiger charge is 2.05. The van der Waals surface area contributed by atoms with Gasteiger partial charge in [0.2, 0.25) is 5.91 Å². The largest absolute Gasteiger partial charge is 0.326 e. The third-order valence-corrected chi connectivity index (χ3v) is 4.01. The lowest BCUT2D eigenvalue weighted by molar-refractivity contribution is -0.114. The summed E-state index contributed by atoms with van der Waals surface area (Å²) in [5.74, 6) is -0.0754. The van der Waals surface area contributed by atoms with Crippen LogP contribution in [0.1, 0.15) is 12.5 Å². The molecule has 0 bridgehead atoms. The molecule has 2 rings (SSSR count). The maximum atomic E-state index is 11.0. The Morgan fingerprint density at radius 3 is 2.55 bits per heavy atom. The first-order valence-corrected chi connectivity index (χ1v) is 7.32. The van der Waals surface area contributed by atoms with Crippen molar-refractivity contribution in [3.8, 4) is 0 Å². The number of amides is 1. The summed E-state index contributed by atoms with van der Waals surface area (Å²) in [5, 5.41) is 3.43. The van der Waals surface area contributed by atoms with E-state index < -0.39 is 0 Å². The molecule has 0 aliphatic heterocycles. The van der Waals surface area contributed by atoms with E-state index in [1.165, 1.54) is 6.92 Å². The number of hydrogen-bond donors (Lipinski definition) is 2. The maximum Gasteiger partial charge on any atom is 0.221 e. The summed E-state index contributed by atoms with van der Waals surface area (Å²) < 4.78 is 0. The molecule has 2 aromatic carbocycles. The van der Waals surface area contributed by atoms with E-state index in [-0.39, 0.29) is 5.91 Å². The van der Waals surface area contributed by atoms with Crippen LogP contribution in [-0.4, -0.2) is 5.91 Å². The van der Waals surface area contributed by atoms with E-state index in [9.17, 15) is 4.79 Å². The molecule has 0 saturated carbocycles. The SMILES string of the molecule is CC(=O)Nc1ccc(Sc2ccc(Cl)cc2CN)cc1. The van der Waals surface area contributed by atoms with E-state index in [0.29, 0.717) is 11.6 Å². The molecular formula is C15H15ClN2OS. The highest BCUT2D eigenvalue weighted by atomic mass is 35.5. The third-order valence-electron chi connectivity index (χ3n) is 2.64. The summed E-state index contributed by atoms with van der Waals surface area (Å²) in [6.07, 6.45) is 0. The van der Waals surface area contributed by atoms with Crippen molar-refractivity contribution in [1.82, 2.24) is 0 Å². The minimum Gasteiger partial charge on any atom is -0.326 e. The van der Waals surface area contributed by atoms with E-state index in [1.807, 2.05) is 42.5 Å². The van der Waals surface area contributed by atoms with Gasteiger partial charge in [-0.2, -0.15) is 0 Å². The lowest BCUT2D eigenvalue weighted by Crippen LogP contribution is -2.05. The van der Waals surface area contributed by atoms with Crippen LogP contribution in [0.25, 0.3) is 0 Å². The van der Waals surface area contributed by atoms with Crippen molar-refractivity contribution in [1.29, 1.82) is 0 Å². The third kappa shape index (κ3) is 4.00. The predicted octanol–water partition coefficient (Wildman–Crippen LogP) is 3.91. The van der Waals surface area contributed by atoms with Gasteiger partial charge in [-0.1, -0.05) is 23.4 Å². The summed E-state index contributed by atoms with van der Waals surface area (Å²) >= 11 is 7.59. The summed E-state index contributed by atoms with van der Waals surface area (Å²) in [4.78, 5) is 13.1. The molecule has 3 N–H and O–H groups in total. The number of hydrogen-bond acceptors (Lipinski definition) is 3. The van der Waals surface area contributed by atoms with Crippen molar-refractivity contribution in [3.63, 3.8) is 0 Å². The van der Waals surface area contributed by atoms with Crippen LogP contribution in [0.3, 0.4) is 0 Å². The van der Waals surface area contributed by atoms with Crippen LogP contribution in [0.5, 0.6) is 0 Å². The fourth-order valence-corrected chi connectivity index (χ4v) is 2.87. The normalized spacial score (nSPS) is 10.3. The molecule has 5 heteroatoms. The molecule has 0 spiro atoms. The van der Waals surface area contributed by atoms with Gasteiger partial charge in [0.15, 0.2) is 0 Å². The first-order chi connectivity index (χ1) is 9.58. The van der Waals surface area contributed by atoms with E-state index in [0.717, 1.165) is 21.0 Å². The van der Waals surface area contributed by atoms with Crippen LogP contribution in [0.15, 0.2) is 52.3 Å². The molecule has 0 atom stereocenters. The fraction of sp³-hybridized carbons (Fsp3) is 0.133. The first kappa shape index (κ1) is 14.9. The maximum absolute atomic E-state index is 11.0. The number of anilines is 1. The molecule has 104 valence electrons. The van der Waals surface area contributed by atoms with Gasteiger partial charge in [-0.15, -0.1) is 0 Å². The van der Waals surface area contributed by atoms with Gasteiger partial charge in [-0.05, 0) is 48.0 Å². The second-order valence-electron chi connectivity index (χ2n) is 4.26. The molecule has 0 unspecified atom stereocenters. The summed E-state index contributed by atoms with van der Waals surface area (Å²) in [6, 6.07) is 13.4. The monoisotopic (exact) mass is 306 g/mol. The van der Waals surface area contributed by atoms with E-state index >= 15 is 0 Å². The van der Waals surface area contributed by atoms with E-state index in [4.69, 9.17) is 17.3 Å². The zero-order valence-electron chi connectivity index (χ0n) is 11.0. The van der Waals surface area contributed by atoms with Crippen molar-refractivity contribution >= 4 is 35.0 Å². The van der Waals surface area contributed by atoms with Gasteiger partial charge < -0.3 is 11.1 Å². The summed E-state index contributed by atoms with van der Waals surface area (Å²) in [6.45, 7) is 1.94. The number of nitrogens with two attached hydrogens (primary N) is 1. The molecule has 0 saturated heterocycles. The van der Waals surface area contributed by atoms with E-state index in [2.05, 4.69) is 5.32 Å². The Morgan fingerprint density at radius 1 is 1.25 bits per heavy atom. The van der Waals surface area contributed by atoms with Gasteiger partial charge >= 0.3 is 0 Å². The minimum atomic E-state index is -0.0754. The number of carbonyl (C=O) groups is 1. The highest BCUT2D eigenvalue weighted by Crippen LogP contribution is 2.32. The molecule has 3 nitrogen and oxygen atoms in total. The molecule has 20 heavy (non-hydrogen) atoms. The predicted molar refractivity (Wildman–Crippen MR) is 84.2 cm³/mol. The van der Waals surface area contributed by atoms with Gasteiger partial charge in [0.05, 0.1) is 0 Å². The molecule has 2 aromatic rings. The van der Waals surface area contributed by atoms with Gasteiger partial charge in [0.1, 0.15) is 0 Å². The van der Waals surface area contributed by atoms with Crippen LogP contribution >= 0.6 is 23.4 Å². The molecule has 0 fully saturated rings. The lowest BCUT2D eigenvalue weighted by atomic mass is 10.2. The number of carbonyl (C=O) groups excluding carboxylic acids is 1. The average Bonchev–Trinajstić information content (AvgIpc) is 2.42. The van der Waals surface area contributed by atoms with Crippen LogP contribution in [0.2, 0.25) is 5.02 Å². The van der Waals surface area contributed by atoms with Crippen molar-refractivity contribution in [2.75, 3.05) is 5.32 Å². The Bertz CT molecular complexity index is 614. The van der Waals surface area contributed by atoms with Gasteiger partial charge in [0, 0.05) is 34.0 Å². The van der Waals surface area contributed by atoms with Crippen molar-refractivity contribution in [2.24, 2.45) is 5.73 Å². The van der Waals surface area contributed by atoms with Crippen LogP contribution < -0.4 is 11.1 Å². The van der Waals surface area contributed by atoms with Gasteiger partial charge in [0.25, 0.3) is 0 Å². The smallest absolute Gasteiger partial charge is 0.221 e. The van der Waals surface area contributed by atoms with Crippen LogP contribution in [0, 0.1) is 0 Å². The zero-order valence-corrected chi connectivity index (χ0v) is 12.6. The number of rotatable bonds is 4. The average molecular weight is 307 g/mol. The van der Waals surface area contributed by atoms with Gasteiger partial charge in [-0.25, -0.2) is 0 Å². The minimum absolute atomic E-state index is 0.0754. The number of nitrogens with one attached hydrogen (secondary N) is 1. The second kappa shape index (κ2) is 6.79. The Labute approximate surface area is 127 Å².